The Morgan fingerprint density at radius 3 is 2.86 bits per heavy atom. The fraction of sp³-hybridized carbons (Fsp3) is 0.353. The molecule has 0 aliphatic heterocycles. The molecule has 3 rings (SSSR count). The van der Waals surface area contributed by atoms with E-state index in [4.69, 9.17) is 9.15 Å². The minimum Gasteiger partial charge on any atom is -0.481 e. The second-order valence-corrected chi connectivity index (χ2v) is 5.49. The molecule has 116 valence electrons. The zero-order valence-electron chi connectivity index (χ0n) is 13.4. The Balaban J connectivity index is 1.76. The third-order valence-electron chi connectivity index (χ3n) is 3.94. The van der Waals surface area contributed by atoms with Gasteiger partial charge in [-0.3, -0.25) is 0 Å². The van der Waals surface area contributed by atoms with Crippen molar-refractivity contribution in [1.82, 2.24) is 15.1 Å². The summed E-state index contributed by atoms with van der Waals surface area (Å²) in [7, 11) is 3.56. The van der Waals surface area contributed by atoms with Crippen LogP contribution in [0.1, 0.15) is 30.0 Å². The molecule has 5 nitrogen and oxygen atoms in total. The van der Waals surface area contributed by atoms with E-state index in [0.717, 1.165) is 33.9 Å². The maximum Gasteiger partial charge on any atom is 0.216 e. The standard InChI is InChI=1S/C17H21N3O2/c1-11-14(17(21-4)20(3)19-11)10-18-12(2)16-9-13-7-5-6-8-15(13)22-16/h5-9,12,18H,10H2,1-4H3/t12-/m1/s1. The quantitative estimate of drug-likeness (QED) is 0.785. The average Bonchev–Trinajstić information content (AvgIpc) is 3.05. The number of hydrogen-bond donors (Lipinski definition) is 1. The van der Waals surface area contributed by atoms with Crippen LogP contribution < -0.4 is 10.1 Å². The number of fused-ring (bicyclic) bond motifs is 1. The number of ether oxygens (including phenoxy) is 1. The number of aromatic nitrogens is 2. The Morgan fingerprint density at radius 1 is 1.36 bits per heavy atom. The Kier molecular flexibility index (Phi) is 3.90. The minimum atomic E-state index is 0.108. The molecule has 0 fully saturated rings. The molecule has 0 saturated heterocycles. The third-order valence-corrected chi connectivity index (χ3v) is 3.94. The van der Waals surface area contributed by atoms with Crippen molar-refractivity contribution >= 4 is 11.0 Å². The van der Waals surface area contributed by atoms with Gasteiger partial charge in [0.2, 0.25) is 5.88 Å². The maximum atomic E-state index is 5.90. The topological polar surface area (TPSA) is 52.2 Å². The minimum absolute atomic E-state index is 0.108. The smallest absolute Gasteiger partial charge is 0.216 e. The number of furan rings is 1. The zero-order valence-corrected chi connectivity index (χ0v) is 13.4. The third kappa shape index (κ3) is 2.60. The van der Waals surface area contributed by atoms with Crippen LogP contribution in [0.3, 0.4) is 0 Å². The molecule has 1 atom stereocenters. The van der Waals surface area contributed by atoms with Crippen LogP contribution in [-0.2, 0) is 13.6 Å². The lowest BCUT2D eigenvalue weighted by molar-refractivity contribution is 0.365. The van der Waals surface area contributed by atoms with Gasteiger partial charge in [-0.15, -0.1) is 0 Å². The summed E-state index contributed by atoms with van der Waals surface area (Å²) in [5.41, 5.74) is 2.97. The van der Waals surface area contributed by atoms with Gasteiger partial charge in [0.25, 0.3) is 0 Å². The summed E-state index contributed by atoms with van der Waals surface area (Å²) in [6.45, 7) is 4.77. The second-order valence-electron chi connectivity index (χ2n) is 5.49. The molecular weight excluding hydrogens is 278 g/mol. The molecule has 2 aromatic heterocycles. The van der Waals surface area contributed by atoms with E-state index < -0.39 is 0 Å². The van der Waals surface area contributed by atoms with Crippen LogP contribution in [0.25, 0.3) is 11.0 Å². The van der Waals surface area contributed by atoms with Crippen LogP contribution in [0.15, 0.2) is 34.7 Å². The molecule has 2 heterocycles. The Hall–Kier alpha value is -2.27. The molecule has 3 aromatic rings. The summed E-state index contributed by atoms with van der Waals surface area (Å²) in [5.74, 6) is 1.73. The van der Waals surface area contributed by atoms with Crippen molar-refractivity contribution in [3.05, 3.63) is 47.3 Å². The monoisotopic (exact) mass is 299 g/mol. The van der Waals surface area contributed by atoms with Gasteiger partial charge in [-0.25, -0.2) is 4.68 Å². The second kappa shape index (κ2) is 5.85. The molecule has 0 saturated carbocycles. The molecule has 22 heavy (non-hydrogen) atoms. The normalized spacial score (nSPS) is 12.7. The van der Waals surface area contributed by atoms with Crippen molar-refractivity contribution in [2.24, 2.45) is 7.05 Å². The van der Waals surface area contributed by atoms with E-state index in [2.05, 4.69) is 29.5 Å². The van der Waals surface area contributed by atoms with Gasteiger partial charge in [0.1, 0.15) is 11.3 Å². The number of hydrogen-bond acceptors (Lipinski definition) is 4. The summed E-state index contributed by atoms with van der Waals surface area (Å²) in [6.07, 6.45) is 0. The summed E-state index contributed by atoms with van der Waals surface area (Å²) in [6, 6.07) is 10.2. The van der Waals surface area contributed by atoms with Gasteiger partial charge < -0.3 is 14.5 Å². The zero-order chi connectivity index (χ0) is 15.7. The number of aryl methyl sites for hydroxylation is 2. The van der Waals surface area contributed by atoms with Crippen molar-refractivity contribution in [3.8, 4) is 5.88 Å². The first-order valence-electron chi connectivity index (χ1n) is 7.38. The van der Waals surface area contributed by atoms with Crippen LogP contribution in [0, 0.1) is 6.92 Å². The van der Waals surface area contributed by atoms with Crippen molar-refractivity contribution < 1.29 is 9.15 Å². The van der Waals surface area contributed by atoms with E-state index >= 15 is 0 Å². The van der Waals surface area contributed by atoms with E-state index in [9.17, 15) is 0 Å². The van der Waals surface area contributed by atoms with E-state index in [1.165, 1.54) is 0 Å². The van der Waals surface area contributed by atoms with Crippen molar-refractivity contribution in [1.29, 1.82) is 0 Å². The fourth-order valence-electron chi connectivity index (χ4n) is 2.71. The van der Waals surface area contributed by atoms with Crippen LogP contribution in [-0.4, -0.2) is 16.9 Å². The summed E-state index contributed by atoms with van der Waals surface area (Å²) in [5, 5.41) is 9.00. The molecule has 0 aliphatic carbocycles. The van der Waals surface area contributed by atoms with Gasteiger partial charge in [0, 0.05) is 19.0 Å². The van der Waals surface area contributed by atoms with Gasteiger partial charge in [0.05, 0.1) is 24.4 Å². The van der Waals surface area contributed by atoms with Crippen molar-refractivity contribution in [2.45, 2.75) is 26.4 Å². The Labute approximate surface area is 129 Å². The highest BCUT2D eigenvalue weighted by Gasteiger charge is 2.16. The predicted octanol–water partition coefficient (Wildman–Crippen LogP) is 3.33. The van der Waals surface area contributed by atoms with Crippen LogP contribution >= 0.6 is 0 Å². The number of rotatable bonds is 5. The summed E-state index contributed by atoms with van der Waals surface area (Å²) < 4.78 is 13.1. The molecule has 0 radical (unpaired) electrons. The molecule has 0 bridgehead atoms. The predicted molar refractivity (Wildman–Crippen MR) is 86.0 cm³/mol. The van der Waals surface area contributed by atoms with E-state index in [0.29, 0.717) is 6.54 Å². The number of benzene rings is 1. The molecule has 0 amide bonds. The van der Waals surface area contributed by atoms with E-state index in [1.807, 2.05) is 32.2 Å². The van der Waals surface area contributed by atoms with E-state index in [1.54, 1.807) is 11.8 Å². The molecule has 1 N–H and O–H groups in total. The fourth-order valence-corrected chi connectivity index (χ4v) is 2.71. The first kappa shape index (κ1) is 14.7. The first-order valence-corrected chi connectivity index (χ1v) is 7.38. The molecule has 1 aromatic carbocycles. The highest BCUT2D eigenvalue weighted by molar-refractivity contribution is 5.77. The largest absolute Gasteiger partial charge is 0.481 e. The lowest BCUT2D eigenvalue weighted by atomic mass is 10.2. The summed E-state index contributed by atoms with van der Waals surface area (Å²) >= 11 is 0. The summed E-state index contributed by atoms with van der Waals surface area (Å²) in [4.78, 5) is 0. The van der Waals surface area contributed by atoms with Crippen molar-refractivity contribution in [2.75, 3.05) is 7.11 Å². The lowest BCUT2D eigenvalue weighted by Gasteiger charge is -2.12. The van der Waals surface area contributed by atoms with Gasteiger partial charge in [-0.05, 0) is 26.0 Å². The molecule has 0 aliphatic rings. The average molecular weight is 299 g/mol. The van der Waals surface area contributed by atoms with Gasteiger partial charge in [0.15, 0.2) is 0 Å². The Bertz CT molecular complexity index is 755. The highest BCUT2D eigenvalue weighted by atomic mass is 16.5. The molecular formula is C17H21N3O2. The maximum absolute atomic E-state index is 5.90. The van der Waals surface area contributed by atoms with Crippen LogP contribution in [0.2, 0.25) is 0 Å². The van der Waals surface area contributed by atoms with Crippen molar-refractivity contribution in [3.63, 3.8) is 0 Å². The van der Waals surface area contributed by atoms with Gasteiger partial charge in [-0.2, -0.15) is 5.10 Å². The van der Waals surface area contributed by atoms with Crippen LogP contribution in [0.4, 0.5) is 0 Å². The van der Waals surface area contributed by atoms with Crippen LogP contribution in [0.5, 0.6) is 5.88 Å². The SMILES string of the molecule is COc1c(CN[C@H](C)c2cc3ccccc3o2)c(C)nn1C. The molecule has 5 heteroatoms. The molecule has 0 unspecified atom stereocenters. The lowest BCUT2D eigenvalue weighted by Crippen LogP contribution is -2.18. The number of para-hydroxylation sites is 1. The van der Waals surface area contributed by atoms with Gasteiger partial charge >= 0.3 is 0 Å². The Morgan fingerprint density at radius 2 is 2.14 bits per heavy atom. The highest BCUT2D eigenvalue weighted by Crippen LogP contribution is 2.25. The number of nitrogens with zero attached hydrogens (tertiary/aromatic N) is 2. The van der Waals surface area contributed by atoms with Gasteiger partial charge in [-0.1, -0.05) is 18.2 Å². The first-order chi connectivity index (χ1) is 10.6. The van der Waals surface area contributed by atoms with E-state index in [-0.39, 0.29) is 6.04 Å². The number of methoxy groups -OCH3 is 1. The number of nitrogens with one attached hydrogen (secondary N) is 1. The molecule has 0 spiro atoms.